The summed E-state index contributed by atoms with van der Waals surface area (Å²) in [6.45, 7) is 5.50. The van der Waals surface area contributed by atoms with Gasteiger partial charge in [0.15, 0.2) is 0 Å². The lowest BCUT2D eigenvalue weighted by atomic mass is 9.68. The second-order valence-electron chi connectivity index (χ2n) is 12.4. The van der Waals surface area contributed by atoms with Crippen molar-refractivity contribution in [3.8, 4) is 0 Å². The Kier molecular flexibility index (Phi) is 11.3. The number of nitrogens with one attached hydrogen (secondary N) is 1. The molecule has 2 atom stereocenters. The summed E-state index contributed by atoms with van der Waals surface area (Å²) in [6, 6.07) is 27.4. The monoisotopic (exact) mass is 636 g/mol. The lowest BCUT2D eigenvalue weighted by Crippen LogP contribution is -2.46. The molecule has 0 aliphatic carbocycles. The van der Waals surface area contributed by atoms with Gasteiger partial charge in [-0.05, 0) is 81.9 Å². The predicted molar refractivity (Wildman–Crippen MR) is 184 cm³/mol. The maximum Gasteiger partial charge on any atom is 0.269 e. The number of benzene rings is 3. The molecule has 2 aliphatic rings. The molecule has 2 amide bonds. The van der Waals surface area contributed by atoms with Crippen molar-refractivity contribution in [2.45, 2.75) is 56.4 Å². The van der Waals surface area contributed by atoms with E-state index in [1.54, 1.807) is 17.0 Å². The van der Waals surface area contributed by atoms with Gasteiger partial charge in [0.1, 0.15) is 0 Å². The largest absolute Gasteiger partial charge is 0.350 e. The number of amides is 2. The number of nitrogens with two attached hydrogens (primary N) is 1. The molecule has 10 heteroatoms. The SMILES string of the molecule is CC1=NC(CCCN)=C(N(C=O)CCCN2CCC(c3ccccc3)(c3ccccc3)CC2)C(c2ccc([N+](=O)[O-])cc2)C1NC=O. The number of aliphatic imine (C=N–C) groups is 1. The van der Waals surface area contributed by atoms with Crippen LogP contribution in [0.2, 0.25) is 0 Å². The van der Waals surface area contributed by atoms with Crippen LogP contribution in [0.25, 0.3) is 0 Å². The topological polar surface area (TPSA) is 134 Å². The highest BCUT2D eigenvalue weighted by Crippen LogP contribution is 2.42. The highest BCUT2D eigenvalue weighted by Gasteiger charge is 2.39. The lowest BCUT2D eigenvalue weighted by molar-refractivity contribution is -0.384. The molecule has 10 nitrogen and oxygen atoms in total. The zero-order chi connectivity index (χ0) is 33.2. The van der Waals surface area contributed by atoms with Crippen molar-refractivity contribution >= 4 is 24.2 Å². The molecule has 3 aromatic rings. The first-order valence-corrected chi connectivity index (χ1v) is 16.4. The zero-order valence-corrected chi connectivity index (χ0v) is 27.0. The quantitative estimate of drug-likeness (QED) is 0.135. The number of hydrogen-bond acceptors (Lipinski definition) is 7. The van der Waals surface area contributed by atoms with Gasteiger partial charge in [-0.2, -0.15) is 0 Å². The van der Waals surface area contributed by atoms with Crippen LogP contribution in [0.3, 0.4) is 0 Å². The van der Waals surface area contributed by atoms with Crippen LogP contribution in [0.5, 0.6) is 0 Å². The summed E-state index contributed by atoms with van der Waals surface area (Å²) in [7, 11) is 0. The Balaban J connectivity index is 1.35. The highest BCUT2D eigenvalue weighted by atomic mass is 16.6. The molecule has 47 heavy (non-hydrogen) atoms. The maximum absolute atomic E-state index is 12.8. The van der Waals surface area contributed by atoms with E-state index in [2.05, 4.69) is 70.9 Å². The molecule has 1 fully saturated rings. The van der Waals surface area contributed by atoms with Gasteiger partial charge in [-0.25, -0.2) is 0 Å². The van der Waals surface area contributed by atoms with Crippen molar-refractivity contribution in [2.24, 2.45) is 10.7 Å². The van der Waals surface area contributed by atoms with Crippen LogP contribution in [-0.2, 0) is 15.0 Å². The molecule has 5 rings (SSSR count). The molecule has 0 bridgehead atoms. The average molecular weight is 637 g/mol. The van der Waals surface area contributed by atoms with Gasteiger partial charge in [0.05, 0.1) is 28.3 Å². The number of hydrogen-bond donors (Lipinski definition) is 2. The van der Waals surface area contributed by atoms with Crippen molar-refractivity contribution in [1.29, 1.82) is 0 Å². The molecule has 2 heterocycles. The van der Waals surface area contributed by atoms with Crippen molar-refractivity contribution < 1.29 is 14.5 Å². The molecule has 1 saturated heterocycles. The summed E-state index contributed by atoms with van der Waals surface area (Å²) >= 11 is 0. The number of allylic oxidation sites excluding steroid dienone is 1. The number of carbonyl (C=O) groups excluding carboxylic acids is 2. The molecule has 0 spiro atoms. The normalized spacial score (nSPS) is 19.5. The van der Waals surface area contributed by atoms with Gasteiger partial charge in [-0.3, -0.25) is 24.7 Å². The van der Waals surface area contributed by atoms with E-state index in [-0.39, 0.29) is 11.1 Å². The van der Waals surface area contributed by atoms with E-state index in [4.69, 9.17) is 10.7 Å². The van der Waals surface area contributed by atoms with Crippen LogP contribution in [0, 0.1) is 10.1 Å². The van der Waals surface area contributed by atoms with Crippen molar-refractivity contribution in [3.63, 3.8) is 0 Å². The summed E-state index contributed by atoms with van der Waals surface area (Å²) < 4.78 is 0. The van der Waals surface area contributed by atoms with Gasteiger partial charge >= 0.3 is 0 Å². The summed E-state index contributed by atoms with van der Waals surface area (Å²) in [5, 5.41) is 14.3. The third-order valence-electron chi connectivity index (χ3n) is 9.69. The number of rotatable bonds is 15. The Morgan fingerprint density at radius 3 is 2.13 bits per heavy atom. The fourth-order valence-corrected chi connectivity index (χ4v) is 7.27. The number of nitro groups is 1. The van der Waals surface area contributed by atoms with E-state index < -0.39 is 16.9 Å². The molecular formula is C37H44N6O4. The fraction of sp³-hybridized carbons (Fsp3) is 0.378. The Morgan fingerprint density at radius 2 is 1.60 bits per heavy atom. The van der Waals surface area contributed by atoms with E-state index in [0.717, 1.165) is 56.6 Å². The van der Waals surface area contributed by atoms with E-state index in [1.807, 2.05) is 6.92 Å². The standard InChI is InChI=1S/C37H44N6O4/c1-28-35(39-26-44)34(29-15-17-32(18-16-29)43(46)47)36(33(40-28)14-8-21-38)42(27-45)23-9-22-41-24-19-37(20-25-41,30-10-4-2-5-11-30)31-12-6-3-7-13-31/h2-7,10-13,15-18,26-27,34-35H,8-9,14,19-25,38H2,1H3,(H,39,44). The van der Waals surface area contributed by atoms with Gasteiger partial charge in [0.25, 0.3) is 5.69 Å². The smallest absolute Gasteiger partial charge is 0.269 e. The van der Waals surface area contributed by atoms with Crippen molar-refractivity contribution in [2.75, 3.05) is 32.7 Å². The molecule has 0 radical (unpaired) electrons. The number of nitrogens with zero attached hydrogens (tertiary/aromatic N) is 4. The predicted octanol–water partition coefficient (Wildman–Crippen LogP) is 5.15. The van der Waals surface area contributed by atoms with Crippen molar-refractivity contribution in [1.82, 2.24) is 15.1 Å². The second-order valence-corrected chi connectivity index (χ2v) is 12.4. The molecular weight excluding hydrogens is 592 g/mol. The first-order chi connectivity index (χ1) is 22.9. The third kappa shape index (κ3) is 7.50. The van der Waals surface area contributed by atoms with Crippen LogP contribution >= 0.6 is 0 Å². The molecule has 0 aromatic heterocycles. The fourth-order valence-electron chi connectivity index (χ4n) is 7.27. The van der Waals surface area contributed by atoms with Gasteiger partial charge in [-0.1, -0.05) is 72.8 Å². The van der Waals surface area contributed by atoms with Crippen molar-refractivity contribution in [3.05, 3.63) is 123 Å². The summed E-state index contributed by atoms with van der Waals surface area (Å²) in [6.07, 6.45) is 5.48. The van der Waals surface area contributed by atoms with Gasteiger partial charge < -0.3 is 20.9 Å². The maximum atomic E-state index is 12.8. The van der Waals surface area contributed by atoms with Crippen LogP contribution < -0.4 is 11.1 Å². The lowest BCUT2D eigenvalue weighted by Gasteiger charge is -2.43. The highest BCUT2D eigenvalue weighted by molar-refractivity contribution is 5.92. The van der Waals surface area contributed by atoms with Crippen LogP contribution in [0.15, 0.2) is 101 Å². The first-order valence-electron chi connectivity index (χ1n) is 16.4. The minimum absolute atomic E-state index is 0.0268. The molecule has 246 valence electrons. The molecule has 0 saturated carbocycles. The Labute approximate surface area is 276 Å². The van der Waals surface area contributed by atoms with Crippen LogP contribution in [-0.4, -0.2) is 72.0 Å². The van der Waals surface area contributed by atoms with E-state index in [9.17, 15) is 19.7 Å². The van der Waals surface area contributed by atoms with E-state index in [0.29, 0.717) is 43.7 Å². The van der Waals surface area contributed by atoms with E-state index in [1.165, 1.54) is 23.3 Å². The van der Waals surface area contributed by atoms with Crippen LogP contribution in [0.4, 0.5) is 5.69 Å². The summed E-state index contributed by atoms with van der Waals surface area (Å²) in [5.74, 6) is -0.455. The Hall–Kier alpha value is -4.67. The average Bonchev–Trinajstić information content (AvgIpc) is 3.11. The minimum Gasteiger partial charge on any atom is -0.350 e. The van der Waals surface area contributed by atoms with E-state index >= 15 is 0 Å². The van der Waals surface area contributed by atoms with Gasteiger partial charge in [-0.15, -0.1) is 0 Å². The number of nitro benzene ring substituents is 1. The minimum atomic E-state index is -0.515. The molecule has 3 aromatic carbocycles. The number of likely N-dealkylation sites (tertiary alicyclic amines) is 1. The summed E-state index contributed by atoms with van der Waals surface area (Å²) in [5.41, 5.74) is 11.4. The van der Waals surface area contributed by atoms with Gasteiger partial charge in [0.2, 0.25) is 12.8 Å². The van der Waals surface area contributed by atoms with Gasteiger partial charge in [0, 0.05) is 29.8 Å². The number of non-ortho nitro benzene ring substituents is 1. The summed E-state index contributed by atoms with van der Waals surface area (Å²) in [4.78, 5) is 44.5. The number of carbonyl (C=O) groups is 2. The molecule has 2 aliphatic heterocycles. The molecule has 2 unspecified atom stereocenters. The first kappa shape index (κ1) is 33.7. The zero-order valence-electron chi connectivity index (χ0n) is 27.0. The third-order valence-corrected chi connectivity index (χ3v) is 9.69. The molecule has 3 N–H and O–H groups in total. The Morgan fingerprint density at radius 1 is 0.979 bits per heavy atom. The van der Waals surface area contributed by atoms with Crippen LogP contribution in [0.1, 0.15) is 61.6 Å². The second kappa shape index (κ2) is 15.8. The Bertz CT molecular complexity index is 1530. The number of piperidine rings is 1.